The van der Waals surface area contributed by atoms with Gasteiger partial charge in [-0.15, -0.1) is 6.42 Å². The summed E-state index contributed by atoms with van der Waals surface area (Å²) < 4.78 is 0. The first-order valence-corrected chi connectivity index (χ1v) is 6.37. The van der Waals surface area contributed by atoms with E-state index in [-0.39, 0.29) is 11.9 Å². The molecule has 0 aliphatic heterocycles. The van der Waals surface area contributed by atoms with Crippen molar-refractivity contribution in [1.29, 1.82) is 0 Å². The molecule has 15 heavy (non-hydrogen) atoms. The highest BCUT2D eigenvalue weighted by molar-refractivity contribution is 7.99. The molecule has 0 bridgehead atoms. The lowest BCUT2D eigenvalue weighted by Gasteiger charge is -2.13. The van der Waals surface area contributed by atoms with Crippen LogP contribution < -0.4 is 10.6 Å². The Kier molecular flexibility index (Phi) is 9.44. The van der Waals surface area contributed by atoms with Gasteiger partial charge >= 0.3 is 0 Å². The van der Waals surface area contributed by atoms with Crippen molar-refractivity contribution < 1.29 is 4.79 Å². The molecule has 3 nitrogen and oxygen atoms in total. The number of thioether (sulfide) groups is 1. The van der Waals surface area contributed by atoms with Crippen LogP contribution in [0.5, 0.6) is 0 Å². The average molecular weight is 228 g/mol. The second kappa shape index (κ2) is 9.88. The molecule has 2 N–H and O–H groups in total. The molecule has 4 heteroatoms. The van der Waals surface area contributed by atoms with Gasteiger partial charge in [-0.2, -0.15) is 11.8 Å². The Morgan fingerprint density at radius 2 is 2.33 bits per heavy atom. The minimum absolute atomic E-state index is 0.0132. The number of hydrogen-bond donors (Lipinski definition) is 2. The largest absolute Gasteiger partial charge is 0.353 e. The number of hydrogen-bond acceptors (Lipinski definition) is 3. The van der Waals surface area contributed by atoms with Crippen molar-refractivity contribution in [2.24, 2.45) is 0 Å². The fraction of sp³-hybridized carbons (Fsp3) is 0.727. The van der Waals surface area contributed by atoms with Crippen LogP contribution in [0.2, 0.25) is 0 Å². The molecule has 0 aromatic carbocycles. The summed E-state index contributed by atoms with van der Waals surface area (Å²) in [6.07, 6.45) is 6.06. The number of carbonyl (C=O) groups excluding carboxylic acids is 1. The van der Waals surface area contributed by atoms with Gasteiger partial charge < -0.3 is 5.32 Å². The zero-order chi connectivity index (χ0) is 11.5. The Hall–Kier alpha value is -0.660. The van der Waals surface area contributed by atoms with Crippen molar-refractivity contribution in [3.05, 3.63) is 0 Å². The standard InChI is InChI=1S/C11H20N2OS/c1-4-7-12-9-11(14)13-10(3)6-8-15-5-2/h1,10,12H,5-9H2,2-3H3,(H,13,14). The van der Waals surface area contributed by atoms with Gasteiger partial charge in [0.1, 0.15) is 0 Å². The lowest BCUT2D eigenvalue weighted by Crippen LogP contribution is -2.39. The summed E-state index contributed by atoms with van der Waals surface area (Å²) in [4.78, 5) is 11.3. The van der Waals surface area contributed by atoms with E-state index in [1.807, 2.05) is 18.7 Å². The molecule has 0 spiro atoms. The molecule has 0 aromatic rings. The molecule has 0 fully saturated rings. The van der Waals surface area contributed by atoms with Crippen LogP contribution in [0.1, 0.15) is 20.3 Å². The molecule has 0 rings (SSSR count). The van der Waals surface area contributed by atoms with Crippen molar-refractivity contribution >= 4 is 17.7 Å². The van der Waals surface area contributed by atoms with Crippen LogP contribution in [0.3, 0.4) is 0 Å². The van der Waals surface area contributed by atoms with E-state index < -0.39 is 0 Å². The van der Waals surface area contributed by atoms with E-state index in [1.165, 1.54) is 0 Å². The quantitative estimate of drug-likeness (QED) is 0.478. The zero-order valence-corrected chi connectivity index (χ0v) is 10.3. The summed E-state index contributed by atoms with van der Waals surface area (Å²) in [5.41, 5.74) is 0. The van der Waals surface area contributed by atoms with E-state index >= 15 is 0 Å². The first-order chi connectivity index (χ1) is 7.20. The Bertz CT molecular complexity index is 213. The summed E-state index contributed by atoms with van der Waals surface area (Å²) in [7, 11) is 0. The molecule has 0 aliphatic carbocycles. The topological polar surface area (TPSA) is 41.1 Å². The fourth-order valence-electron chi connectivity index (χ4n) is 1.05. The van der Waals surface area contributed by atoms with Crippen LogP contribution in [0, 0.1) is 12.3 Å². The number of terminal acetylenes is 1. The number of rotatable bonds is 8. The van der Waals surface area contributed by atoms with Crippen LogP contribution in [-0.2, 0) is 4.79 Å². The van der Waals surface area contributed by atoms with Gasteiger partial charge in [-0.1, -0.05) is 12.8 Å². The van der Waals surface area contributed by atoms with Gasteiger partial charge in [0, 0.05) is 6.04 Å². The van der Waals surface area contributed by atoms with Crippen LogP contribution in [0.15, 0.2) is 0 Å². The zero-order valence-electron chi connectivity index (χ0n) is 9.51. The van der Waals surface area contributed by atoms with Crippen molar-refractivity contribution in [2.75, 3.05) is 24.6 Å². The summed E-state index contributed by atoms with van der Waals surface area (Å²) >= 11 is 1.89. The smallest absolute Gasteiger partial charge is 0.234 e. The van der Waals surface area contributed by atoms with Crippen LogP contribution in [0.25, 0.3) is 0 Å². The minimum atomic E-state index is 0.0132. The average Bonchev–Trinajstić information content (AvgIpc) is 2.18. The van der Waals surface area contributed by atoms with Crippen molar-refractivity contribution in [3.8, 4) is 12.3 Å². The van der Waals surface area contributed by atoms with Gasteiger partial charge in [0.25, 0.3) is 0 Å². The molecule has 0 radical (unpaired) electrons. The molecule has 1 amide bonds. The highest BCUT2D eigenvalue weighted by atomic mass is 32.2. The molecule has 1 atom stereocenters. The maximum absolute atomic E-state index is 11.3. The number of nitrogens with one attached hydrogen (secondary N) is 2. The first-order valence-electron chi connectivity index (χ1n) is 5.22. The first kappa shape index (κ1) is 14.3. The predicted octanol–water partition coefficient (Wildman–Crippen LogP) is 0.857. The number of carbonyl (C=O) groups is 1. The van der Waals surface area contributed by atoms with Gasteiger partial charge in [-0.25, -0.2) is 0 Å². The molecule has 0 saturated heterocycles. The third-order valence-electron chi connectivity index (χ3n) is 1.82. The Labute approximate surface area is 96.8 Å². The third kappa shape index (κ3) is 9.64. The van der Waals surface area contributed by atoms with Crippen LogP contribution in [-0.4, -0.2) is 36.5 Å². The van der Waals surface area contributed by atoms with Crippen molar-refractivity contribution in [3.63, 3.8) is 0 Å². The molecular formula is C11H20N2OS. The van der Waals surface area contributed by atoms with E-state index in [0.717, 1.165) is 17.9 Å². The SMILES string of the molecule is C#CCNCC(=O)NC(C)CCSCC. The number of amides is 1. The van der Waals surface area contributed by atoms with Gasteiger partial charge in [0.2, 0.25) is 5.91 Å². The maximum atomic E-state index is 11.3. The molecule has 0 heterocycles. The van der Waals surface area contributed by atoms with Crippen molar-refractivity contribution in [1.82, 2.24) is 10.6 Å². The Morgan fingerprint density at radius 1 is 1.60 bits per heavy atom. The van der Waals surface area contributed by atoms with Crippen LogP contribution in [0.4, 0.5) is 0 Å². The second-order valence-electron chi connectivity index (χ2n) is 3.26. The van der Waals surface area contributed by atoms with Gasteiger partial charge in [0.05, 0.1) is 13.1 Å². The lowest BCUT2D eigenvalue weighted by atomic mass is 10.2. The van der Waals surface area contributed by atoms with Crippen LogP contribution >= 0.6 is 11.8 Å². The van der Waals surface area contributed by atoms with E-state index in [4.69, 9.17) is 6.42 Å². The summed E-state index contributed by atoms with van der Waals surface area (Å²) in [6.45, 7) is 4.90. The van der Waals surface area contributed by atoms with E-state index in [9.17, 15) is 4.79 Å². The molecule has 86 valence electrons. The highest BCUT2D eigenvalue weighted by Gasteiger charge is 2.05. The van der Waals surface area contributed by atoms with Crippen molar-refractivity contribution in [2.45, 2.75) is 26.3 Å². The normalized spacial score (nSPS) is 11.8. The second-order valence-corrected chi connectivity index (χ2v) is 4.66. The maximum Gasteiger partial charge on any atom is 0.234 e. The molecule has 0 saturated carbocycles. The van der Waals surface area contributed by atoms with E-state index in [2.05, 4.69) is 23.5 Å². The lowest BCUT2D eigenvalue weighted by molar-refractivity contribution is -0.120. The van der Waals surface area contributed by atoms with Gasteiger partial charge in [-0.05, 0) is 24.9 Å². The van der Waals surface area contributed by atoms with Gasteiger partial charge in [-0.3, -0.25) is 10.1 Å². The molecule has 0 aliphatic rings. The Morgan fingerprint density at radius 3 is 2.93 bits per heavy atom. The highest BCUT2D eigenvalue weighted by Crippen LogP contribution is 2.03. The Balaban J connectivity index is 3.45. The molecular weight excluding hydrogens is 208 g/mol. The summed E-state index contributed by atoms with van der Waals surface area (Å²) in [5.74, 6) is 4.66. The predicted molar refractivity (Wildman–Crippen MR) is 66.9 cm³/mol. The fourth-order valence-corrected chi connectivity index (χ4v) is 1.86. The summed E-state index contributed by atoms with van der Waals surface area (Å²) in [5, 5.41) is 5.77. The third-order valence-corrected chi connectivity index (χ3v) is 2.75. The molecule has 1 unspecified atom stereocenters. The summed E-state index contributed by atoms with van der Waals surface area (Å²) in [6, 6.07) is 0.240. The van der Waals surface area contributed by atoms with E-state index in [0.29, 0.717) is 13.1 Å². The van der Waals surface area contributed by atoms with Gasteiger partial charge in [0.15, 0.2) is 0 Å². The minimum Gasteiger partial charge on any atom is -0.353 e. The monoisotopic (exact) mass is 228 g/mol. The molecule has 0 aromatic heterocycles. The van der Waals surface area contributed by atoms with E-state index in [1.54, 1.807) is 0 Å².